The molecule has 0 spiro atoms. The predicted octanol–water partition coefficient (Wildman–Crippen LogP) is -2.61. The summed E-state index contributed by atoms with van der Waals surface area (Å²) in [5.74, 6) is -1.89. The van der Waals surface area contributed by atoms with Crippen molar-refractivity contribution in [3.63, 3.8) is 0 Å². The molecule has 13 nitrogen and oxygen atoms in total. The summed E-state index contributed by atoms with van der Waals surface area (Å²) in [5, 5.41) is 15.9. The Bertz CT molecular complexity index is 878. The quantitative estimate of drug-likeness (QED) is 0.105. The third-order valence-corrected chi connectivity index (χ3v) is 4.98. The van der Waals surface area contributed by atoms with Crippen molar-refractivity contribution < 1.29 is 33.5 Å². The van der Waals surface area contributed by atoms with Gasteiger partial charge in [-0.25, -0.2) is 0 Å². The third-order valence-electron chi connectivity index (χ3n) is 4.98. The molecule has 0 aliphatic carbocycles. The highest BCUT2D eigenvalue weighted by Gasteiger charge is 2.20. The summed E-state index contributed by atoms with van der Waals surface area (Å²) in [5.41, 5.74) is 0.360. The summed E-state index contributed by atoms with van der Waals surface area (Å²) in [4.78, 5) is 65.4. The number of amides is 5. The number of carbonyl (C=O) groups is 5. The minimum absolute atomic E-state index is 0.104. The van der Waals surface area contributed by atoms with E-state index in [0.717, 1.165) is 0 Å². The van der Waals surface area contributed by atoms with Gasteiger partial charge in [-0.2, -0.15) is 0 Å². The number of nitrogens with one attached hydrogen (secondary N) is 6. The minimum atomic E-state index is -0.755. The molecule has 0 bridgehead atoms. The van der Waals surface area contributed by atoms with Crippen molar-refractivity contribution in [3.05, 3.63) is 30.1 Å². The fourth-order valence-electron chi connectivity index (χ4n) is 3.02. The Kier molecular flexibility index (Phi) is 14.1. The molecule has 0 saturated carbocycles. The van der Waals surface area contributed by atoms with E-state index in [1.807, 2.05) is 6.92 Å². The molecule has 0 fully saturated rings. The molecule has 6 N–H and O–H groups in total. The van der Waals surface area contributed by atoms with Gasteiger partial charge >= 0.3 is 0 Å². The molecule has 0 radical (unpaired) electrons. The van der Waals surface area contributed by atoms with E-state index in [1.165, 1.54) is 11.8 Å². The second-order valence-corrected chi connectivity index (χ2v) is 7.86. The first kappa shape index (κ1) is 30.3. The fourth-order valence-corrected chi connectivity index (χ4v) is 3.02. The minimum Gasteiger partial charge on any atom is -0.355 e. The number of pyridine rings is 1. The highest BCUT2D eigenvalue weighted by atomic mass is 16.6. The van der Waals surface area contributed by atoms with Crippen LogP contribution in [0.2, 0.25) is 0 Å². The summed E-state index contributed by atoms with van der Waals surface area (Å²) in [6.07, 6.45) is 4.21. The van der Waals surface area contributed by atoms with Crippen LogP contribution in [0.5, 0.6) is 0 Å². The predicted molar refractivity (Wildman–Crippen MR) is 130 cm³/mol. The van der Waals surface area contributed by atoms with Crippen LogP contribution in [-0.4, -0.2) is 81.5 Å². The Labute approximate surface area is 211 Å². The second-order valence-electron chi connectivity index (χ2n) is 7.86. The van der Waals surface area contributed by atoms with Gasteiger partial charge in [-0.1, -0.05) is 13.3 Å². The maximum absolute atomic E-state index is 12.5. The Morgan fingerprint density at radius 2 is 1.56 bits per heavy atom. The van der Waals surface area contributed by atoms with Gasteiger partial charge in [-0.3, -0.25) is 28.8 Å². The first-order chi connectivity index (χ1) is 17.2. The first-order valence-electron chi connectivity index (χ1n) is 11.9. The van der Waals surface area contributed by atoms with E-state index in [-0.39, 0.29) is 37.4 Å². The molecule has 0 saturated heterocycles. The standard InChI is InChI=1S/C23H37N7O6/c1-5-7-18(29-20(32)15-28-22(34)17-8-12-30(36-4)13-9-17)23(35)26-11-10-25-16(3)21(33)27-14-19(31)24-6-2/h8-9,12-13,16,18,25H,5-7,10-11,14-15H2,1-4H3,(H4-,24,26,27,28,29,31,32,33,34,35)/p+1. The zero-order chi connectivity index (χ0) is 26.9. The average molecular weight is 509 g/mol. The van der Waals surface area contributed by atoms with Crippen LogP contribution in [0, 0.1) is 0 Å². The molecule has 0 aliphatic heterocycles. The number of rotatable bonds is 16. The molecular formula is C23H38N7O6+. The summed E-state index contributed by atoms with van der Waals surface area (Å²) >= 11 is 0. The van der Waals surface area contributed by atoms with Crippen LogP contribution in [0.15, 0.2) is 24.5 Å². The van der Waals surface area contributed by atoms with Gasteiger partial charge in [0.2, 0.25) is 36.0 Å². The van der Waals surface area contributed by atoms with Crippen molar-refractivity contribution in [2.75, 3.05) is 39.8 Å². The highest BCUT2D eigenvalue weighted by Crippen LogP contribution is 1.98. The normalized spacial score (nSPS) is 12.0. The van der Waals surface area contributed by atoms with Gasteiger partial charge in [-0.05, 0) is 20.3 Å². The van der Waals surface area contributed by atoms with Crippen LogP contribution >= 0.6 is 0 Å². The van der Waals surface area contributed by atoms with Gasteiger partial charge in [0.25, 0.3) is 5.91 Å². The van der Waals surface area contributed by atoms with Crippen molar-refractivity contribution in [3.8, 4) is 0 Å². The molecule has 1 heterocycles. The Morgan fingerprint density at radius 3 is 2.17 bits per heavy atom. The number of aromatic nitrogens is 1. The van der Waals surface area contributed by atoms with Crippen molar-refractivity contribution in [2.45, 2.75) is 45.7 Å². The molecule has 1 aromatic heterocycles. The molecule has 2 atom stereocenters. The SMILES string of the molecule is CCCC(NC(=O)CNC(=O)c1cc[n+](OC)cc1)C(=O)NCCNC(C)C(=O)NCC(=O)NCC. The number of hydrogen-bond donors (Lipinski definition) is 6. The van der Waals surface area contributed by atoms with Gasteiger partial charge in [0.1, 0.15) is 13.2 Å². The molecule has 200 valence electrons. The Hall–Kier alpha value is -3.74. The smallest absolute Gasteiger partial charge is 0.252 e. The monoisotopic (exact) mass is 508 g/mol. The topological polar surface area (TPSA) is 171 Å². The molecule has 36 heavy (non-hydrogen) atoms. The number of carbonyl (C=O) groups excluding carboxylic acids is 5. The number of hydrogen-bond acceptors (Lipinski definition) is 7. The highest BCUT2D eigenvalue weighted by molar-refractivity contribution is 5.97. The van der Waals surface area contributed by atoms with E-state index in [4.69, 9.17) is 4.84 Å². The lowest BCUT2D eigenvalue weighted by Gasteiger charge is -2.19. The second kappa shape index (κ2) is 16.8. The maximum atomic E-state index is 12.5. The van der Waals surface area contributed by atoms with Crippen LogP contribution in [0.1, 0.15) is 44.0 Å². The van der Waals surface area contributed by atoms with Crippen LogP contribution in [-0.2, 0) is 19.2 Å². The van der Waals surface area contributed by atoms with Crippen molar-refractivity contribution in [1.82, 2.24) is 31.9 Å². The van der Waals surface area contributed by atoms with Gasteiger partial charge in [-0.15, -0.1) is 0 Å². The van der Waals surface area contributed by atoms with Crippen LogP contribution in [0.25, 0.3) is 0 Å². The lowest BCUT2D eigenvalue weighted by molar-refractivity contribution is -0.885. The van der Waals surface area contributed by atoms with E-state index < -0.39 is 23.9 Å². The summed E-state index contributed by atoms with van der Waals surface area (Å²) < 4.78 is 1.41. The fraction of sp³-hybridized carbons (Fsp3) is 0.565. The Balaban J connectivity index is 2.38. The maximum Gasteiger partial charge on any atom is 0.252 e. The first-order valence-corrected chi connectivity index (χ1v) is 11.9. The van der Waals surface area contributed by atoms with Crippen LogP contribution in [0.4, 0.5) is 0 Å². The number of likely N-dealkylation sites (N-methyl/N-ethyl adjacent to an activating group) is 1. The zero-order valence-electron chi connectivity index (χ0n) is 21.3. The zero-order valence-corrected chi connectivity index (χ0v) is 21.3. The lowest BCUT2D eigenvalue weighted by Crippen LogP contribution is -2.51. The average Bonchev–Trinajstić information content (AvgIpc) is 2.87. The van der Waals surface area contributed by atoms with E-state index in [1.54, 1.807) is 38.4 Å². The molecule has 1 aromatic rings. The van der Waals surface area contributed by atoms with Gasteiger partial charge in [0.15, 0.2) is 0 Å². The third kappa shape index (κ3) is 11.6. The molecule has 5 amide bonds. The molecule has 13 heteroatoms. The lowest BCUT2D eigenvalue weighted by atomic mass is 10.1. The molecule has 0 aromatic carbocycles. The van der Waals surface area contributed by atoms with Crippen LogP contribution in [0.3, 0.4) is 0 Å². The van der Waals surface area contributed by atoms with Gasteiger partial charge < -0.3 is 31.9 Å². The summed E-state index contributed by atoms with van der Waals surface area (Å²) in [6.45, 7) is 5.96. The van der Waals surface area contributed by atoms with Crippen molar-refractivity contribution in [2.24, 2.45) is 0 Å². The van der Waals surface area contributed by atoms with Gasteiger partial charge in [0, 0.05) is 36.5 Å². The van der Waals surface area contributed by atoms with E-state index in [9.17, 15) is 24.0 Å². The molecule has 1 rings (SSSR count). The summed E-state index contributed by atoms with van der Waals surface area (Å²) in [7, 11) is 1.49. The van der Waals surface area contributed by atoms with Crippen molar-refractivity contribution in [1.29, 1.82) is 0 Å². The largest absolute Gasteiger partial charge is 0.355 e. The summed E-state index contributed by atoms with van der Waals surface area (Å²) in [6, 6.07) is 1.78. The van der Waals surface area contributed by atoms with Crippen LogP contribution < -0.4 is 41.5 Å². The van der Waals surface area contributed by atoms with Crippen molar-refractivity contribution >= 4 is 29.5 Å². The Morgan fingerprint density at radius 1 is 0.889 bits per heavy atom. The van der Waals surface area contributed by atoms with E-state index in [2.05, 4.69) is 31.9 Å². The molecule has 2 unspecified atom stereocenters. The molecular weight excluding hydrogens is 470 g/mol. The molecule has 0 aliphatic rings. The van der Waals surface area contributed by atoms with Gasteiger partial charge in [0.05, 0.1) is 24.7 Å². The van der Waals surface area contributed by atoms with E-state index in [0.29, 0.717) is 31.5 Å². The number of nitrogens with zero attached hydrogens (tertiary/aromatic N) is 1. The van der Waals surface area contributed by atoms with E-state index >= 15 is 0 Å².